The van der Waals surface area contributed by atoms with E-state index in [0.29, 0.717) is 30.0 Å². The average molecular weight is 347 g/mol. The number of hydrogen-bond acceptors (Lipinski definition) is 3. The molecule has 1 aliphatic heterocycles. The van der Waals surface area contributed by atoms with Gasteiger partial charge < -0.3 is 9.32 Å². The number of rotatable bonds is 2. The molecule has 0 saturated carbocycles. The van der Waals surface area contributed by atoms with Crippen LogP contribution in [0.4, 0.5) is 0 Å². The number of carbonyl (C=O) groups is 1. The number of hydrogen-bond donors (Lipinski definition) is 0. The molecule has 26 heavy (non-hydrogen) atoms. The zero-order chi connectivity index (χ0) is 17.9. The second-order valence-electron chi connectivity index (χ2n) is 6.83. The number of para-hydroxylation sites is 1. The van der Waals surface area contributed by atoms with Gasteiger partial charge in [0.05, 0.1) is 5.39 Å². The molecule has 1 fully saturated rings. The number of benzene rings is 2. The fourth-order valence-electron chi connectivity index (χ4n) is 3.69. The van der Waals surface area contributed by atoms with E-state index < -0.39 is 0 Å². The van der Waals surface area contributed by atoms with Crippen molar-refractivity contribution in [2.45, 2.75) is 25.2 Å². The summed E-state index contributed by atoms with van der Waals surface area (Å²) in [6, 6.07) is 18.7. The van der Waals surface area contributed by atoms with Crippen molar-refractivity contribution >= 4 is 16.9 Å². The Balaban J connectivity index is 1.63. The first-order valence-corrected chi connectivity index (χ1v) is 9.09. The highest BCUT2D eigenvalue weighted by molar-refractivity contribution is 5.93. The minimum atomic E-state index is -0.198. The molecule has 0 radical (unpaired) electrons. The van der Waals surface area contributed by atoms with Crippen LogP contribution in [0.5, 0.6) is 0 Å². The van der Waals surface area contributed by atoms with Crippen LogP contribution in [0.1, 0.15) is 41.3 Å². The maximum Gasteiger partial charge on any atom is 0.289 e. The van der Waals surface area contributed by atoms with Gasteiger partial charge in [-0.1, -0.05) is 48.9 Å². The van der Waals surface area contributed by atoms with Crippen molar-refractivity contribution < 1.29 is 9.21 Å². The summed E-state index contributed by atoms with van der Waals surface area (Å²) in [5.41, 5.74) is 1.54. The minimum absolute atomic E-state index is 0.127. The topological polar surface area (TPSA) is 50.5 Å². The third-order valence-corrected chi connectivity index (χ3v) is 5.07. The second-order valence-corrected chi connectivity index (χ2v) is 6.83. The summed E-state index contributed by atoms with van der Waals surface area (Å²) in [5.74, 6) is 0.243. The normalized spacial score (nSPS) is 17.8. The SMILES string of the molecule is O=C(c1cc(=O)c2ccccc2o1)N1CCCCC(c2ccccc2)C1. The highest BCUT2D eigenvalue weighted by atomic mass is 16.3. The van der Waals surface area contributed by atoms with Crippen LogP contribution in [0.25, 0.3) is 11.0 Å². The van der Waals surface area contributed by atoms with Gasteiger partial charge in [-0.3, -0.25) is 9.59 Å². The smallest absolute Gasteiger partial charge is 0.289 e. The Morgan fingerprint density at radius 3 is 2.62 bits per heavy atom. The van der Waals surface area contributed by atoms with Crippen LogP contribution in [-0.2, 0) is 0 Å². The molecule has 4 heteroatoms. The Labute approximate surface area is 152 Å². The van der Waals surface area contributed by atoms with Gasteiger partial charge in [-0.05, 0) is 30.5 Å². The number of amides is 1. The van der Waals surface area contributed by atoms with E-state index in [-0.39, 0.29) is 17.1 Å². The Hall–Kier alpha value is -2.88. The van der Waals surface area contributed by atoms with Crippen LogP contribution in [-0.4, -0.2) is 23.9 Å². The van der Waals surface area contributed by atoms with E-state index >= 15 is 0 Å². The minimum Gasteiger partial charge on any atom is -0.451 e. The molecule has 1 unspecified atom stereocenters. The van der Waals surface area contributed by atoms with Crippen LogP contribution >= 0.6 is 0 Å². The highest BCUT2D eigenvalue weighted by Crippen LogP contribution is 2.27. The molecule has 1 aromatic heterocycles. The van der Waals surface area contributed by atoms with Gasteiger partial charge >= 0.3 is 0 Å². The molecule has 2 heterocycles. The molecule has 4 nitrogen and oxygen atoms in total. The lowest BCUT2D eigenvalue weighted by Crippen LogP contribution is -2.34. The Kier molecular flexibility index (Phi) is 4.57. The maximum atomic E-state index is 13.0. The predicted octanol–water partition coefficient (Wildman–Crippen LogP) is 4.20. The molecule has 3 aromatic rings. The molecule has 1 amide bonds. The molecule has 1 saturated heterocycles. The summed E-state index contributed by atoms with van der Waals surface area (Å²) >= 11 is 0. The van der Waals surface area contributed by atoms with Gasteiger partial charge in [0.1, 0.15) is 5.58 Å². The summed E-state index contributed by atoms with van der Waals surface area (Å²) in [6.07, 6.45) is 3.12. The van der Waals surface area contributed by atoms with E-state index in [0.717, 1.165) is 19.3 Å². The van der Waals surface area contributed by atoms with Gasteiger partial charge in [0, 0.05) is 25.1 Å². The summed E-state index contributed by atoms with van der Waals surface area (Å²) in [7, 11) is 0. The monoisotopic (exact) mass is 347 g/mol. The van der Waals surface area contributed by atoms with Crippen LogP contribution in [0, 0.1) is 0 Å². The van der Waals surface area contributed by atoms with Crippen molar-refractivity contribution in [3.05, 3.63) is 82.2 Å². The van der Waals surface area contributed by atoms with E-state index in [9.17, 15) is 9.59 Å². The van der Waals surface area contributed by atoms with Crippen molar-refractivity contribution in [2.24, 2.45) is 0 Å². The molecule has 0 N–H and O–H groups in total. The van der Waals surface area contributed by atoms with Crippen LogP contribution in [0.2, 0.25) is 0 Å². The lowest BCUT2D eigenvalue weighted by atomic mass is 9.94. The first-order valence-electron chi connectivity index (χ1n) is 9.09. The van der Waals surface area contributed by atoms with Crippen LogP contribution < -0.4 is 5.43 Å². The molecule has 0 bridgehead atoms. The third-order valence-electron chi connectivity index (χ3n) is 5.07. The summed E-state index contributed by atoms with van der Waals surface area (Å²) in [6.45, 7) is 1.35. The molecule has 1 aliphatic rings. The summed E-state index contributed by atoms with van der Waals surface area (Å²) in [4.78, 5) is 27.2. The Morgan fingerprint density at radius 1 is 1.00 bits per heavy atom. The van der Waals surface area contributed by atoms with Gasteiger partial charge in [-0.15, -0.1) is 0 Å². The average Bonchev–Trinajstić information content (AvgIpc) is 2.94. The standard InChI is InChI=1S/C22H21NO3/c24-19-14-21(26-20-12-5-4-11-18(19)20)22(25)23-13-7-6-10-17(15-23)16-8-2-1-3-9-16/h1-5,8-9,11-12,14,17H,6-7,10,13,15H2. The molecule has 0 spiro atoms. The lowest BCUT2D eigenvalue weighted by molar-refractivity contribution is 0.0723. The van der Waals surface area contributed by atoms with Crippen molar-refractivity contribution in [3.63, 3.8) is 0 Å². The zero-order valence-corrected chi connectivity index (χ0v) is 14.6. The van der Waals surface area contributed by atoms with Crippen molar-refractivity contribution in [1.82, 2.24) is 4.90 Å². The van der Waals surface area contributed by atoms with Gasteiger partial charge in [0.25, 0.3) is 5.91 Å². The number of nitrogens with zero attached hydrogens (tertiary/aromatic N) is 1. The van der Waals surface area contributed by atoms with E-state index in [4.69, 9.17) is 4.42 Å². The van der Waals surface area contributed by atoms with E-state index in [1.165, 1.54) is 11.6 Å². The van der Waals surface area contributed by atoms with Gasteiger partial charge in [0.2, 0.25) is 0 Å². The second kappa shape index (κ2) is 7.16. The fourth-order valence-corrected chi connectivity index (χ4v) is 3.69. The van der Waals surface area contributed by atoms with E-state index in [2.05, 4.69) is 12.1 Å². The van der Waals surface area contributed by atoms with E-state index in [1.807, 2.05) is 23.1 Å². The van der Waals surface area contributed by atoms with Crippen molar-refractivity contribution in [3.8, 4) is 0 Å². The molecule has 4 rings (SSSR count). The number of likely N-dealkylation sites (tertiary alicyclic amines) is 1. The maximum absolute atomic E-state index is 13.0. The predicted molar refractivity (Wildman–Crippen MR) is 101 cm³/mol. The Bertz CT molecular complexity index is 977. The molecule has 2 aromatic carbocycles. The quantitative estimate of drug-likeness (QED) is 0.698. The van der Waals surface area contributed by atoms with Crippen LogP contribution in [0.3, 0.4) is 0 Å². The molecular weight excluding hydrogens is 326 g/mol. The van der Waals surface area contributed by atoms with Gasteiger partial charge in [-0.2, -0.15) is 0 Å². The molecular formula is C22H21NO3. The van der Waals surface area contributed by atoms with Crippen molar-refractivity contribution in [2.75, 3.05) is 13.1 Å². The van der Waals surface area contributed by atoms with Gasteiger partial charge in [-0.25, -0.2) is 0 Å². The zero-order valence-electron chi connectivity index (χ0n) is 14.6. The highest BCUT2D eigenvalue weighted by Gasteiger charge is 2.25. The Morgan fingerprint density at radius 2 is 1.77 bits per heavy atom. The molecule has 132 valence electrons. The largest absolute Gasteiger partial charge is 0.451 e. The third kappa shape index (κ3) is 3.27. The number of carbonyl (C=O) groups excluding carboxylic acids is 1. The van der Waals surface area contributed by atoms with Crippen molar-refractivity contribution in [1.29, 1.82) is 0 Å². The lowest BCUT2D eigenvalue weighted by Gasteiger charge is -2.24. The first kappa shape index (κ1) is 16.6. The van der Waals surface area contributed by atoms with Gasteiger partial charge in [0.15, 0.2) is 11.2 Å². The summed E-state index contributed by atoms with van der Waals surface area (Å²) in [5, 5.41) is 0.502. The van der Waals surface area contributed by atoms with Crippen LogP contribution in [0.15, 0.2) is 69.9 Å². The first-order chi connectivity index (χ1) is 12.7. The van der Waals surface area contributed by atoms with E-state index in [1.54, 1.807) is 24.3 Å². The number of fused-ring (bicyclic) bond motifs is 1. The fraction of sp³-hybridized carbons (Fsp3) is 0.273. The molecule has 1 atom stereocenters. The summed E-state index contributed by atoms with van der Waals surface area (Å²) < 4.78 is 5.75. The molecule has 0 aliphatic carbocycles.